The smallest absolute Gasteiger partial charge is 0.207 e. The van der Waals surface area contributed by atoms with Crippen molar-refractivity contribution in [3.8, 4) is 5.75 Å². The molecule has 0 atom stereocenters. The lowest BCUT2D eigenvalue weighted by Crippen LogP contribution is -2.07. The highest BCUT2D eigenvalue weighted by Gasteiger charge is 2.24. The van der Waals surface area contributed by atoms with Crippen LogP contribution in [0.15, 0.2) is 16.6 Å². The summed E-state index contributed by atoms with van der Waals surface area (Å²) >= 11 is 5.19. The molecule has 1 aromatic carbocycles. The fourth-order valence-electron chi connectivity index (χ4n) is 2.95. The Labute approximate surface area is 137 Å². The Bertz CT molecular complexity index is 709. The summed E-state index contributed by atoms with van der Waals surface area (Å²) in [5.74, 6) is 0.766. The van der Waals surface area contributed by atoms with E-state index in [1.807, 2.05) is 19.9 Å². The summed E-state index contributed by atoms with van der Waals surface area (Å²) in [5, 5.41) is 0. The third kappa shape index (κ3) is 2.44. The summed E-state index contributed by atoms with van der Waals surface area (Å²) in [6.45, 7) is 3.93. The molecule has 21 heavy (non-hydrogen) atoms. The van der Waals surface area contributed by atoms with Gasteiger partial charge in [0, 0.05) is 9.35 Å². The molecule has 1 aliphatic rings. The van der Waals surface area contributed by atoms with Crippen molar-refractivity contribution in [2.24, 2.45) is 0 Å². The van der Waals surface area contributed by atoms with Crippen LogP contribution in [-0.4, -0.2) is 12.9 Å². The van der Waals surface area contributed by atoms with E-state index in [0.717, 1.165) is 33.3 Å². The number of hydrogen-bond donors (Lipinski definition) is 0. The van der Waals surface area contributed by atoms with Gasteiger partial charge < -0.3 is 4.74 Å². The maximum atomic E-state index is 13.0. The minimum atomic E-state index is 0.0770. The Kier molecular flexibility index (Phi) is 3.93. The molecule has 2 nitrogen and oxygen atoms in total. The summed E-state index contributed by atoms with van der Waals surface area (Å²) in [5.41, 5.74) is 3.95. The Hall–Kier alpha value is -1.13. The van der Waals surface area contributed by atoms with Gasteiger partial charge in [0.15, 0.2) is 0 Å². The zero-order chi connectivity index (χ0) is 15.1. The average Bonchev–Trinajstić information content (AvgIpc) is 3.02. The quantitative estimate of drug-likeness (QED) is 0.727. The molecule has 1 aliphatic carbocycles. The molecular formula is C17H17BrO2S. The van der Waals surface area contributed by atoms with Gasteiger partial charge in [-0.1, -0.05) is 15.9 Å². The van der Waals surface area contributed by atoms with E-state index < -0.39 is 0 Å². The predicted molar refractivity (Wildman–Crippen MR) is 89.9 cm³/mol. The number of benzene rings is 1. The first kappa shape index (κ1) is 14.8. The summed E-state index contributed by atoms with van der Waals surface area (Å²) < 4.78 is 6.45. The van der Waals surface area contributed by atoms with E-state index in [4.69, 9.17) is 4.74 Å². The first-order chi connectivity index (χ1) is 10.0. The summed E-state index contributed by atoms with van der Waals surface area (Å²) in [4.78, 5) is 15.2. The highest BCUT2D eigenvalue weighted by molar-refractivity contribution is 9.10. The van der Waals surface area contributed by atoms with Crippen LogP contribution < -0.4 is 4.74 Å². The molecule has 0 amide bonds. The number of methoxy groups -OCH3 is 1. The van der Waals surface area contributed by atoms with Crippen molar-refractivity contribution in [3.63, 3.8) is 0 Å². The molecule has 0 aliphatic heterocycles. The van der Waals surface area contributed by atoms with Gasteiger partial charge in [-0.15, -0.1) is 11.3 Å². The number of hydrogen-bond acceptors (Lipinski definition) is 3. The highest BCUT2D eigenvalue weighted by atomic mass is 79.9. The second kappa shape index (κ2) is 5.58. The van der Waals surface area contributed by atoms with Crippen molar-refractivity contribution < 1.29 is 9.53 Å². The maximum Gasteiger partial charge on any atom is 0.207 e. The number of ketones is 1. The van der Waals surface area contributed by atoms with E-state index in [9.17, 15) is 4.79 Å². The van der Waals surface area contributed by atoms with E-state index in [2.05, 4.69) is 22.0 Å². The average molecular weight is 365 g/mol. The third-order valence-corrected chi connectivity index (χ3v) is 6.12. The minimum absolute atomic E-state index is 0.0770. The fraction of sp³-hybridized carbons (Fsp3) is 0.353. The molecule has 1 aromatic heterocycles. The molecule has 110 valence electrons. The molecule has 0 bridgehead atoms. The number of halogens is 1. The van der Waals surface area contributed by atoms with Crippen LogP contribution in [0.3, 0.4) is 0 Å². The Morgan fingerprint density at radius 3 is 2.71 bits per heavy atom. The summed E-state index contributed by atoms with van der Waals surface area (Å²) in [6, 6.07) is 4.07. The number of thiophene rings is 1. The third-order valence-electron chi connectivity index (χ3n) is 4.06. The number of fused-ring (bicyclic) bond motifs is 1. The van der Waals surface area contributed by atoms with E-state index in [1.54, 1.807) is 18.4 Å². The van der Waals surface area contributed by atoms with E-state index >= 15 is 0 Å². The van der Waals surface area contributed by atoms with Crippen molar-refractivity contribution in [1.29, 1.82) is 0 Å². The van der Waals surface area contributed by atoms with Crippen LogP contribution in [0.5, 0.6) is 5.75 Å². The Morgan fingerprint density at radius 2 is 2.05 bits per heavy atom. The van der Waals surface area contributed by atoms with Crippen molar-refractivity contribution in [2.45, 2.75) is 33.1 Å². The van der Waals surface area contributed by atoms with E-state index in [0.29, 0.717) is 11.3 Å². The zero-order valence-electron chi connectivity index (χ0n) is 12.4. The van der Waals surface area contributed by atoms with Crippen LogP contribution in [0.4, 0.5) is 0 Å². The lowest BCUT2D eigenvalue weighted by atomic mass is 9.99. The van der Waals surface area contributed by atoms with Crippen molar-refractivity contribution in [2.75, 3.05) is 7.11 Å². The largest absolute Gasteiger partial charge is 0.496 e. The van der Waals surface area contributed by atoms with Gasteiger partial charge in [0.05, 0.1) is 17.6 Å². The second-order valence-electron chi connectivity index (χ2n) is 5.45. The standard InChI is InChI=1S/C17H17BrO2S/c1-9-7-12(18)10(2)15(17(9)20-3)16(19)14-8-11-5-4-6-13(11)21-14/h7-8H,4-6H2,1-3H3. The zero-order valence-corrected chi connectivity index (χ0v) is 14.8. The molecule has 0 unspecified atom stereocenters. The maximum absolute atomic E-state index is 13.0. The predicted octanol–water partition coefficient (Wildman–Crippen LogP) is 4.86. The molecule has 0 fully saturated rings. The van der Waals surface area contributed by atoms with Gasteiger partial charge in [0.25, 0.3) is 0 Å². The number of rotatable bonds is 3. The molecule has 0 N–H and O–H groups in total. The number of carbonyl (C=O) groups excluding carboxylic acids is 1. The van der Waals surface area contributed by atoms with Crippen molar-refractivity contribution >= 4 is 33.0 Å². The van der Waals surface area contributed by atoms with Crippen molar-refractivity contribution in [3.05, 3.63) is 48.6 Å². The SMILES string of the molecule is COc1c(C)cc(Br)c(C)c1C(=O)c1cc2c(s1)CCC2. The molecule has 0 radical (unpaired) electrons. The van der Waals surface area contributed by atoms with Gasteiger partial charge in [0.1, 0.15) is 5.75 Å². The lowest BCUT2D eigenvalue weighted by molar-refractivity contribution is 0.103. The van der Waals surface area contributed by atoms with Gasteiger partial charge in [-0.05, 0) is 61.9 Å². The lowest BCUT2D eigenvalue weighted by Gasteiger charge is -2.14. The molecular weight excluding hydrogens is 348 g/mol. The molecule has 3 rings (SSSR count). The van der Waals surface area contributed by atoms with Crippen LogP contribution >= 0.6 is 27.3 Å². The molecule has 2 aromatic rings. The molecule has 0 saturated carbocycles. The number of carbonyl (C=O) groups is 1. The number of aryl methyl sites for hydroxylation is 3. The van der Waals surface area contributed by atoms with Gasteiger partial charge in [-0.2, -0.15) is 0 Å². The molecule has 0 spiro atoms. The highest BCUT2D eigenvalue weighted by Crippen LogP contribution is 2.37. The van der Waals surface area contributed by atoms with Gasteiger partial charge in [-0.25, -0.2) is 0 Å². The summed E-state index contributed by atoms with van der Waals surface area (Å²) in [7, 11) is 1.63. The first-order valence-corrected chi connectivity index (χ1v) is 8.64. The van der Waals surface area contributed by atoms with Crippen molar-refractivity contribution in [1.82, 2.24) is 0 Å². The van der Waals surface area contributed by atoms with Crippen LogP contribution in [0, 0.1) is 13.8 Å². The van der Waals surface area contributed by atoms with Crippen LogP contribution in [-0.2, 0) is 12.8 Å². The van der Waals surface area contributed by atoms with Crippen LogP contribution in [0.25, 0.3) is 0 Å². The van der Waals surface area contributed by atoms with E-state index in [-0.39, 0.29) is 5.78 Å². The Morgan fingerprint density at radius 1 is 1.29 bits per heavy atom. The van der Waals surface area contributed by atoms with Gasteiger partial charge in [-0.3, -0.25) is 4.79 Å². The fourth-order valence-corrected chi connectivity index (χ4v) is 4.69. The molecule has 0 saturated heterocycles. The number of ether oxygens (including phenoxy) is 1. The van der Waals surface area contributed by atoms with Gasteiger partial charge >= 0.3 is 0 Å². The topological polar surface area (TPSA) is 26.3 Å². The second-order valence-corrected chi connectivity index (χ2v) is 7.44. The van der Waals surface area contributed by atoms with Gasteiger partial charge in [0.2, 0.25) is 5.78 Å². The molecule has 4 heteroatoms. The van der Waals surface area contributed by atoms with Crippen LogP contribution in [0.2, 0.25) is 0 Å². The first-order valence-electron chi connectivity index (χ1n) is 7.03. The molecule has 1 heterocycles. The Balaban J connectivity index is 2.12. The van der Waals surface area contributed by atoms with Crippen LogP contribution in [0.1, 0.15) is 43.2 Å². The van der Waals surface area contributed by atoms with E-state index in [1.165, 1.54) is 16.9 Å². The normalized spacial score (nSPS) is 13.3. The monoisotopic (exact) mass is 364 g/mol. The minimum Gasteiger partial charge on any atom is -0.496 e. The summed E-state index contributed by atoms with van der Waals surface area (Å²) in [6.07, 6.45) is 3.43.